The van der Waals surface area contributed by atoms with Gasteiger partial charge in [-0.2, -0.15) is 5.26 Å². The molecule has 4 nitrogen and oxygen atoms in total. The molecule has 9 aromatic carbocycles. The quantitative estimate of drug-likeness (QED) is 0.158. The van der Waals surface area contributed by atoms with Gasteiger partial charge in [0.25, 0.3) is 0 Å². The number of nitrogens with zero attached hydrogens (tertiary/aromatic N) is 2. The summed E-state index contributed by atoms with van der Waals surface area (Å²) in [5.74, 6) is 0. The van der Waals surface area contributed by atoms with Crippen LogP contribution in [0.25, 0.3) is 115 Å². The highest BCUT2D eigenvalue weighted by molar-refractivity contribution is 6.11. The number of para-hydroxylation sites is 4. The molecule has 0 bridgehead atoms. The van der Waals surface area contributed by atoms with Crippen LogP contribution in [0.15, 0.2) is 203 Å². The van der Waals surface area contributed by atoms with Gasteiger partial charge in [-0.3, -0.25) is 0 Å². The van der Waals surface area contributed by atoms with Gasteiger partial charge < -0.3 is 8.83 Å². The predicted molar refractivity (Wildman–Crippen MR) is 245 cm³/mol. The zero-order valence-electron chi connectivity index (χ0n) is 32.2. The molecule has 11 aromatic rings. The second-order valence-electron chi connectivity index (χ2n) is 15.0. The molecule has 0 atom stereocenters. The van der Waals surface area contributed by atoms with Gasteiger partial charge in [0.05, 0.1) is 18.2 Å². The molecular formula is C56H32N2O2. The Balaban J connectivity index is 1.10. The number of hydrogen-bond acceptors (Lipinski definition) is 3. The average Bonchev–Trinajstić information content (AvgIpc) is 3.90. The minimum Gasteiger partial charge on any atom is -0.455 e. The Morgan fingerprint density at radius 3 is 1.37 bits per heavy atom. The second kappa shape index (κ2) is 14.2. The molecule has 0 saturated carbocycles. The van der Waals surface area contributed by atoms with Gasteiger partial charge in [-0.1, -0.05) is 140 Å². The van der Waals surface area contributed by atoms with Crippen LogP contribution in [0.2, 0.25) is 0 Å². The van der Waals surface area contributed by atoms with E-state index in [1.807, 2.05) is 78.9 Å². The summed E-state index contributed by atoms with van der Waals surface area (Å²) in [4.78, 5) is 4.03. The van der Waals surface area contributed by atoms with Crippen molar-refractivity contribution in [3.05, 3.63) is 211 Å². The lowest BCUT2D eigenvalue weighted by molar-refractivity contribution is 0.669. The van der Waals surface area contributed by atoms with Crippen molar-refractivity contribution in [3.8, 4) is 72.8 Å². The Morgan fingerprint density at radius 1 is 0.367 bits per heavy atom. The van der Waals surface area contributed by atoms with Crippen molar-refractivity contribution in [1.29, 1.82) is 5.26 Å². The molecule has 2 aromatic heterocycles. The number of benzene rings is 9. The minimum absolute atomic E-state index is 0.478. The normalized spacial score (nSPS) is 11.3. The fourth-order valence-electron chi connectivity index (χ4n) is 8.66. The largest absolute Gasteiger partial charge is 0.455 e. The summed E-state index contributed by atoms with van der Waals surface area (Å²) in [6, 6.07) is 68.4. The van der Waals surface area contributed by atoms with Crippen LogP contribution >= 0.6 is 0 Å². The third-order valence-corrected chi connectivity index (χ3v) is 11.5. The van der Waals surface area contributed by atoms with E-state index >= 15 is 0 Å². The summed E-state index contributed by atoms with van der Waals surface area (Å²) < 4.78 is 12.9. The molecule has 11 rings (SSSR count). The Labute approximate surface area is 346 Å². The van der Waals surface area contributed by atoms with Crippen molar-refractivity contribution in [1.82, 2.24) is 0 Å². The molecule has 278 valence electrons. The number of hydrogen-bond donors (Lipinski definition) is 0. The van der Waals surface area contributed by atoms with E-state index in [9.17, 15) is 5.26 Å². The topological polar surface area (TPSA) is 54.4 Å². The predicted octanol–water partition coefficient (Wildman–Crippen LogP) is 15.9. The van der Waals surface area contributed by atoms with Crippen LogP contribution in [0.5, 0.6) is 0 Å². The minimum atomic E-state index is 0.478. The van der Waals surface area contributed by atoms with Crippen LogP contribution in [0, 0.1) is 17.9 Å². The van der Waals surface area contributed by atoms with Crippen LogP contribution < -0.4 is 0 Å². The van der Waals surface area contributed by atoms with Crippen molar-refractivity contribution < 1.29 is 8.83 Å². The van der Waals surface area contributed by atoms with Crippen molar-refractivity contribution in [2.45, 2.75) is 0 Å². The van der Waals surface area contributed by atoms with Crippen molar-refractivity contribution in [3.63, 3.8) is 0 Å². The summed E-state index contributed by atoms with van der Waals surface area (Å²) in [6.45, 7) is 8.34. The van der Waals surface area contributed by atoms with Gasteiger partial charge in [0, 0.05) is 32.7 Å². The zero-order chi connectivity index (χ0) is 40.2. The Morgan fingerprint density at radius 2 is 0.817 bits per heavy atom. The maximum atomic E-state index is 10.5. The zero-order valence-corrected chi connectivity index (χ0v) is 32.2. The first-order valence-electron chi connectivity index (χ1n) is 19.8. The SMILES string of the molecule is [C-]#[N+]c1cc(-c2ccccc2)c(C#N)cc1-c1cc(-c2cccc(-c3cccc4c3oc3ccccc34)c2)cc(-c2cccc(-c3cccc4c3oc3ccccc34)c2)c1. The van der Waals surface area contributed by atoms with E-state index in [1.54, 1.807) is 0 Å². The fraction of sp³-hybridized carbons (Fsp3) is 0. The van der Waals surface area contributed by atoms with E-state index in [2.05, 4.69) is 126 Å². The summed E-state index contributed by atoms with van der Waals surface area (Å²) in [5, 5.41) is 14.8. The Bertz CT molecular complexity index is 3400. The molecule has 0 N–H and O–H groups in total. The molecule has 0 aliphatic heterocycles. The number of furan rings is 2. The molecule has 0 radical (unpaired) electrons. The van der Waals surface area contributed by atoms with Crippen molar-refractivity contribution >= 4 is 49.6 Å². The molecule has 0 amide bonds. The average molecular weight is 765 g/mol. The molecule has 0 fully saturated rings. The van der Waals surface area contributed by atoms with E-state index in [-0.39, 0.29) is 0 Å². The lowest BCUT2D eigenvalue weighted by Gasteiger charge is -2.15. The first kappa shape index (κ1) is 34.8. The summed E-state index contributed by atoms with van der Waals surface area (Å²) >= 11 is 0. The monoisotopic (exact) mass is 764 g/mol. The van der Waals surface area contributed by atoms with Gasteiger partial charge in [0.15, 0.2) is 5.69 Å². The first-order chi connectivity index (χ1) is 29.6. The summed E-state index contributed by atoms with van der Waals surface area (Å²) in [5.41, 5.74) is 15.7. The van der Waals surface area contributed by atoms with E-state index in [4.69, 9.17) is 15.4 Å². The van der Waals surface area contributed by atoms with Crippen LogP contribution in [0.3, 0.4) is 0 Å². The van der Waals surface area contributed by atoms with E-state index in [1.165, 1.54) is 0 Å². The fourth-order valence-corrected chi connectivity index (χ4v) is 8.66. The third-order valence-electron chi connectivity index (χ3n) is 11.5. The molecule has 0 spiro atoms. The highest BCUT2D eigenvalue weighted by Crippen LogP contribution is 2.43. The third kappa shape index (κ3) is 5.83. The summed E-state index contributed by atoms with van der Waals surface area (Å²) in [6.07, 6.45) is 0. The lowest BCUT2D eigenvalue weighted by Crippen LogP contribution is -1.91. The number of nitriles is 1. The van der Waals surface area contributed by atoms with Crippen molar-refractivity contribution in [2.24, 2.45) is 0 Å². The van der Waals surface area contributed by atoms with E-state index in [0.717, 1.165) is 105 Å². The number of fused-ring (bicyclic) bond motifs is 6. The maximum Gasteiger partial charge on any atom is 0.195 e. The van der Waals surface area contributed by atoms with Crippen LogP contribution in [-0.4, -0.2) is 0 Å². The highest BCUT2D eigenvalue weighted by atomic mass is 16.3. The molecule has 0 saturated heterocycles. The summed E-state index contributed by atoms with van der Waals surface area (Å²) in [7, 11) is 0. The Kier molecular flexibility index (Phi) is 8.22. The lowest BCUT2D eigenvalue weighted by atomic mass is 9.89. The highest BCUT2D eigenvalue weighted by Gasteiger charge is 2.18. The van der Waals surface area contributed by atoms with Gasteiger partial charge in [0.2, 0.25) is 0 Å². The maximum absolute atomic E-state index is 10.5. The smallest absolute Gasteiger partial charge is 0.195 e. The van der Waals surface area contributed by atoms with Gasteiger partial charge >= 0.3 is 0 Å². The van der Waals surface area contributed by atoms with Crippen LogP contribution in [-0.2, 0) is 0 Å². The molecule has 60 heavy (non-hydrogen) atoms. The van der Waals surface area contributed by atoms with Gasteiger partial charge in [-0.15, -0.1) is 0 Å². The molecule has 0 aliphatic rings. The molecule has 2 heterocycles. The van der Waals surface area contributed by atoms with E-state index in [0.29, 0.717) is 16.8 Å². The number of rotatable bonds is 6. The molecule has 0 unspecified atom stereocenters. The van der Waals surface area contributed by atoms with Gasteiger partial charge in [-0.05, 0) is 110 Å². The first-order valence-corrected chi connectivity index (χ1v) is 19.8. The molecule has 0 aliphatic carbocycles. The van der Waals surface area contributed by atoms with E-state index < -0.39 is 0 Å². The van der Waals surface area contributed by atoms with Crippen LogP contribution in [0.4, 0.5) is 5.69 Å². The van der Waals surface area contributed by atoms with Gasteiger partial charge in [-0.25, -0.2) is 4.85 Å². The molecular weight excluding hydrogens is 733 g/mol. The standard InChI is InChI=1S/C56H32N2O2/c1-58-52-33-50(35-13-3-2-4-14-35)43(34-57)32-51(52)42-30-40(36-15-9-17-38(27-36)44-21-11-23-48-46-19-5-7-25-53(46)59-55(44)48)29-41(31-42)37-16-10-18-39(28-37)45-22-12-24-49-47-20-6-8-26-54(47)60-56(45)49/h2-33H. The van der Waals surface area contributed by atoms with Crippen LogP contribution in [0.1, 0.15) is 5.56 Å². The van der Waals surface area contributed by atoms with Gasteiger partial charge in [0.1, 0.15) is 22.3 Å². The molecule has 4 heteroatoms. The second-order valence-corrected chi connectivity index (χ2v) is 15.0. The van der Waals surface area contributed by atoms with Crippen molar-refractivity contribution in [2.75, 3.05) is 0 Å². The Hall–Kier alpha value is -8.44.